The Bertz CT molecular complexity index is 550. The average molecular weight is 259 g/mol. The summed E-state index contributed by atoms with van der Waals surface area (Å²) in [5.41, 5.74) is 2.70. The molecule has 0 saturated heterocycles. The van der Waals surface area contributed by atoms with Crippen LogP contribution in [0.4, 0.5) is 11.5 Å². The fourth-order valence-electron chi connectivity index (χ4n) is 1.73. The molecule has 5 heteroatoms. The van der Waals surface area contributed by atoms with Gasteiger partial charge in [0.15, 0.2) is 5.82 Å². The first-order valence-corrected chi connectivity index (χ1v) is 6.27. The van der Waals surface area contributed by atoms with Crippen molar-refractivity contribution in [2.75, 3.05) is 17.2 Å². The maximum Gasteiger partial charge on any atom is 0.256 e. The Labute approximate surface area is 112 Å². The SMILES string of the molecule is CCCNc1ccc(C(=O)Nc2ccon2)cc1C. The molecule has 2 N–H and O–H groups in total. The van der Waals surface area contributed by atoms with E-state index < -0.39 is 0 Å². The molecule has 0 bridgehead atoms. The highest BCUT2D eigenvalue weighted by Crippen LogP contribution is 2.17. The molecule has 100 valence electrons. The summed E-state index contributed by atoms with van der Waals surface area (Å²) in [6, 6.07) is 7.17. The molecule has 19 heavy (non-hydrogen) atoms. The van der Waals surface area contributed by atoms with Crippen molar-refractivity contribution < 1.29 is 9.32 Å². The van der Waals surface area contributed by atoms with Crippen LogP contribution in [0.1, 0.15) is 29.3 Å². The lowest BCUT2D eigenvalue weighted by Crippen LogP contribution is -2.12. The predicted molar refractivity (Wildman–Crippen MR) is 74.4 cm³/mol. The molecule has 1 aromatic carbocycles. The highest BCUT2D eigenvalue weighted by Gasteiger charge is 2.09. The molecule has 0 spiro atoms. The van der Waals surface area contributed by atoms with E-state index in [-0.39, 0.29) is 5.91 Å². The summed E-state index contributed by atoms with van der Waals surface area (Å²) in [6.45, 7) is 5.01. The van der Waals surface area contributed by atoms with Crippen molar-refractivity contribution in [3.05, 3.63) is 41.7 Å². The van der Waals surface area contributed by atoms with E-state index in [0.29, 0.717) is 11.4 Å². The number of benzene rings is 1. The Morgan fingerprint density at radius 1 is 1.37 bits per heavy atom. The number of carbonyl (C=O) groups excluding carboxylic acids is 1. The molecule has 0 unspecified atom stereocenters. The second-order valence-electron chi connectivity index (χ2n) is 4.30. The third-order valence-corrected chi connectivity index (χ3v) is 2.73. The molecule has 1 aromatic heterocycles. The zero-order valence-corrected chi connectivity index (χ0v) is 11.1. The van der Waals surface area contributed by atoms with Crippen molar-refractivity contribution in [2.45, 2.75) is 20.3 Å². The van der Waals surface area contributed by atoms with E-state index in [4.69, 9.17) is 0 Å². The molecular formula is C14H17N3O2. The van der Waals surface area contributed by atoms with Gasteiger partial charge in [0, 0.05) is 23.9 Å². The van der Waals surface area contributed by atoms with Gasteiger partial charge in [-0.2, -0.15) is 0 Å². The largest absolute Gasteiger partial charge is 0.385 e. The van der Waals surface area contributed by atoms with Crippen molar-refractivity contribution in [2.24, 2.45) is 0 Å². The Morgan fingerprint density at radius 3 is 2.84 bits per heavy atom. The molecule has 1 amide bonds. The van der Waals surface area contributed by atoms with E-state index in [9.17, 15) is 4.79 Å². The van der Waals surface area contributed by atoms with E-state index in [1.54, 1.807) is 12.1 Å². The number of aromatic nitrogens is 1. The Morgan fingerprint density at radius 2 is 2.21 bits per heavy atom. The van der Waals surface area contributed by atoms with E-state index in [1.165, 1.54) is 6.26 Å². The van der Waals surface area contributed by atoms with Crippen molar-refractivity contribution >= 4 is 17.4 Å². The van der Waals surface area contributed by atoms with Gasteiger partial charge in [-0.3, -0.25) is 4.79 Å². The highest BCUT2D eigenvalue weighted by molar-refractivity contribution is 6.04. The highest BCUT2D eigenvalue weighted by atomic mass is 16.5. The molecule has 1 heterocycles. The topological polar surface area (TPSA) is 67.2 Å². The quantitative estimate of drug-likeness (QED) is 0.866. The van der Waals surface area contributed by atoms with Gasteiger partial charge >= 0.3 is 0 Å². The minimum absolute atomic E-state index is 0.195. The Kier molecular flexibility index (Phi) is 4.18. The van der Waals surface area contributed by atoms with Crippen LogP contribution in [-0.2, 0) is 0 Å². The molecule has 0 atom stereocenters. The molecular weight excluding hydrogens is 242 g/mol. The number of hydrogen-bond acceptors (Lipinski definition) is 4. The second kappa shape index (κ2) is 6.04. The monoisotopic (exact) mass is 259 g/mol. The van der Waals surface area contributed by atoms with Crippen LogP contribution in [0, 0.1) is 6.92 Å². The number of rotatable bonds is 5. The fraction of sp³-hybridized carbons (Fsp3) is 0.286. The summed E-state index contributed by atoms with van der Waals surface area (Å²) in [5, 5.41) is 9.62. The third kappa shape index (κ3) is 3.34. The van der Waals surface area contributed by atoms with Gasteiger partial charge in [0.25, 0.3) is 5.91 Å². The number of nitrogens with zero attached hydrogens (tertiary/aromatic N) is 1. The number of amides is 1. The fourth-order valence-corrected chi connectivity index (χ4v) is 1.73. The number of nitrogens with one attached hydrogen (secondary N) is 2. The summed E-state index contributed by atoms with van der Waals surface area (Å²) in [6.07, 6.45) is 2.48. The predicted octanol–water partition coefficient (Wildman–Crippen LogP) is 3.06. The lowest BCUT2D eigenvalue weighted by Gasteiger charge is -2.10. The number of anilines is 2. The lowest BCUT2D eigenvalue weighted by atomic mass is 10.1. The van der Waals surface area contributed by atoms with E-state index in [0.717, 1.165) is 24.2 Å². The van der Waals surface area contributed by atoms with Crippen molar-refractivity contribution in [3.63, 3.8) is 0 Å². The normalized spacial score (nSPS) is 10.2. The summed E-state index contributed by atoms with van der Waals surface area (Å²) in [4.78, 5) is 12.0. The van der Waals surface area contributed by atoms with Gasteiger partial charge in [-0.25, -0.2) is 0 Å². The molecule has 0 fully saturated rings. The first-order chi connectivity index (χ1) is 9.20. The summed E-state index contributed by atoms with van der Waals surface area (Å²) >= 11 is 0. The smallest absolute Gasteiger partial charge is 0.256 e. The van der Waals surface area contributed by atoms with Crippen LogP contribution >= 0.6 is 0 Å². The van der Waals surface area contributed by atoms with Gasteiger partial charge in [0.2, 0.25) is 0 Å². The standard InChI is InChI=1S/C14H17N3O2/c1-3-7-15-12-5-4-11(9-10(12)2)14(18)16-13-6-8-19-17-13/h4-6,8-9,15H,3,7H2,1-2H3,(H,16,17,18). The van der Waals surface area contributed by atoms with Crippen LogP contribution in [0.15, 0.2) is 35.1 Å². The zero-order valence-electron chi connectivity index (χ0n) is 11.1. The summed E-state index contributed by atoms with van der Waals surface area (Å²) in [5.74, 6) is 0.217. The molecule has 5 nitrogen and oxygen atoms in total. The first-order valence-electron chi connectivity index (χ1n) is 6.27. The van der Waals surface area contributed by atoms with Gasteiger partial charge in [-0.1, -0.05) is 12.1 Å². The molecule has 0 radical (unpaired) electrons. The maximum absolute atomic E-state index is 12.0. The van der Waals surface area contributed by atoms with Gasteiger partial charge in [0.1, 0.15) is 6.26 Å². The molecule has 0 aliphatic carbocycles. The third-order valence-electron chi connectivity index (χ3n) is 2.73. The first kappa shape index (κ1) is 13.1. The average Bonchev–Trinajstić information content (AvgIpc) is 2.90. The lowest BCUT2D eigenvalue weighted by molar-refractivity contribution is 0.102. The van der Waals surface area contributed by atoms with Crippen LogP contribution in [0.25, 0.3) is 0 Å². The van der Waals surface area contributed by atoms with E-state index in [1.807, 2.05) is 19.1 Å². The van der Waals surface area contributed by atoms with Crippen molar-refractivity contribution in [1.29, 1.82) is 0 Å². The van der Waals surface area contributed by atoms with E-state index in [2.05, 4.69) is 27.2 Å². The molecule has 0 aliphatic heterocycles. The summed E-state index contributed by atoms with van der Waals surface area (Å²) in [7, 11) is 0. The molecule has 0 saturated carbocycles. The minimum Gasteiger partial charge on any atom is -0.385 e. The number of carbonyl (C=O) groups is 1. The van der Waals surface area contributed by atoms with Gasteiger partial charge in [-0.05, 0) is 37.1 Å². The van der Waals surface area contributed by atoms with Crippen molar-refractivity contribution in [3.8, 4) is 0 Å². The minimum atomic E-state index is -0.195. The molecule has 0 aliphatic rings. The van der Waals surface area contributed by atoms with Crippen LogP contribution in [-0.4, -0.2) is 17.6 Å². The Hall–Kier alpha value is -2.30. The number of aryl methyl sites for hydroxylation is 1. The van der Waals surface area contributed by atoms with Gasteiger partial charge in [0.05, 0.1) is 0 Å². The van der Waals surface area contributed by atoms with Crippen LogP contribution in [0.3, 0.4) is 0 Å². The molecule has 2 aromatic rings. The maximum atomic E-state index is 12.0. The van der Waals surface area contributed by atoms with Crippen LogP contribution in [0.5, 0.6) is 0 Å². The van der Waals surface area contributed by atoms with Crippen LogP contribution in [0.2, 0.25) is 0 Å². The van der Waals surface area contributed by atoms with Crippen LogP contribution < -0.4 is 10.6 Å². The van der Waals surface area contributed by atoms with Gasteiger partial charge < -0.3 is 15.2 Å². The van der Waals surface area contributed by atoms with Gasteiger partial charge in [-0.15, -0.1) is 0 Å². The molecule has 2 rings (SSSR count). The Balaban J connectivity index is 2.08. The zero-order chi connectivity index (χ0) is 13.7. The summed E-state index contributed by atoms with van der Waals surface area (Å²) < 4.78 is 4.66. The van der Waals surface area contributed by atoms with Crippen molar-refractivity contribution in [1.82, 2.24) is 5.16 Å². The second-order valence-corrected chi connectivity index (χ2v) is 4.30. The number of hydrogen-bond donors (Lipinski definition) is 2. The van der Waals surface area contributed by atoms with E-state index >= 15 is 0 Å².